The van der Waals surface area contributed by atoms with Gasteiger partial charge in [-0.3, -0.25) is 29.6 Å². The smallest absolute Gasteiger partial charge is 0.311 e. The van der Waals surface area contributed by atoms with Crippen LogP contribution in [0.2, 0.25) is 15.1 Å². The van der Waals surface area contributed by atoms with Gasteiger partial charge < -0.3 is 10.1 Å². The van der Waals surface area contributed by atoms with Gasteiger partial charge >= 0.3 is 5.97 Å². The maximum atomic E-state index is 12.3. The van der Waals surface area contributed by atoms with E-state index in [0.717, 1.165) is 5.01 Å². The van der Waals surface area contributed by atoms with E-state index in [0.29, 0.717) is 5.02 Å². The minimum absolute atomic E-state index is 0.0877. The van der Waals surface area contributed by atoms with Gasteiger partial charge in [-0.1, -0.05) is 46.9 Å². The molecule has 1 saturated heterocycles. The highest BCUT2D eigenvalue weighted by Gasteiger charge is 2.37. The summed E-state index contributed by atoms with van der Waals surface area (Å²) in [6, 6.07) is 10.9. The molecule has 1 aliphatic heterocycles. The van der Waals surface area contributed by atoms with Crippen LogP contribution in [0.4, 0.5) is 5.69 Å². The molecule has 0 unspecified atom stereocenters. The molecule has 0 saturated carbocycles. The molecule has 0 aliphatic carbocycles. The predicted molar refractivity (Wildman–Crippen MR) is 115 cm³/mol. The van der Waals surface area contributed by atoms with Crippen molar-refractivity contribution in [1.29, 1.82) is 0 Å². The quantitative estimate of drug-likeness (QED) is 0.612. The summed E-state index contributed by atoms with van der Waals surface area (Å²) in [7, 11) is 0. The molecule has 8 nitrogen and oxygen atoms in total. The maximum Gasteiger partial charge on any atom is 0.311 e. The summed E-state index contributed by atoms with van der Waals surface area (Å²) in [5, 5.41) is 4.39. The van der Waals surface area contributed by atoms with Gasteiger partial charge in [0.2, 0.25) is 5.91 Å². The lowest BCUT2D eigenvalue weighted by molar-refractivity contribution is -0.151. The number of benzene rings is 2. The first-order chi connectivity index (χ1) is 14.7. The normalized spacial score (nSPS) is 15.5. The molecule has 2 aromatic rings. The summed E-state index contributed by atoms with van der Waals surface area (Å²) >= 11 is 17.8. The van der Waals surface area contributed by atoms with Crippen LogP contribution in [0.3, 0.4) is 0 Å². The molecule has 162 valence electrons. The van der Waals surface area contributed by atoms with Crippen LogP contribution in [-0.2, 0) is 19.1 Å². The molecular weight excluding hydrogens is 469 g/mol. The number of carbonyl (C=O) groups is 4. The largest absolute Gasteiger partial charge is 0.455 e. The highest BCUT2D eigenvalue weighted by Crippen LogP contribution is 2.25. The number of amides is 3. The molecule has 3 rings (SSSR count). The van der Waals surface area contributed by atoms with Crippen LogP contribution >= 0.6 is 34.8 Å². The Balaban J connectivity index is 1.51. The van der Waals surface area contributed by atoms with Crippen molar-refractivity contribution in [1.82, 2.24) is 10.4 Å². The Hall–Kier alpha value is -2.81. The number of hydrogen-bond acceptors (Lipinski definition) is 5. The van der Waals surface area contributed by atoms with Gasteiger partial charge in [0.25, 0.3) is 11.8 Å². The van der Waals surface area contributed by atoms with Crippen molar-refractivity contribution in [3.8, 4) is 0 Å². The molecule has 2 N–H and O–H groups in total. The van der Waals surface area contributed by atoms with Gasteiger partial charge in [-0.15, -0.1) is 0 Å². The first-order valence-electron chi connectivity index (χ1n) is 9.02. The highest BCUT2D eigenvalue weighted by atomic mass is 35.5. The van der Waals surface area contributed by atoms with E-state index in [9.17, 15) is 19.2 Å². The average molecular weight is 485 g/mol. The first kappa shape index (κ1) is 22.9. The zero-order valence-electron chi connectivity index (χ0n) is 15.9. The van der Waals surface area contributed by atoms with E-state index in [4.69, 9.17) is 39.5 Å². The number of hydrogen-bond donors (Lipinski definition) is 2. The van der Waals surface area contributed by atoms with E-state index >= 15 is 0 Å². The number of halogens is 3. The number of carbonyl (C=O) groups excluding carboxylic acids is 4. The number of esters is 1. The summed E-state index contributed by atoms with van der Waals surface area (Å²) in [4.78, 5) is 48.7. The second-order valence-corrected chi connectivity index (χ2v) is 7.86. The number of rotatable bonds is 6. The summed E-state index contributed by atoms with van der Waals surface area (Å²) < 4.78 is 5.00. The van der Waals surface area contributed by atoms with Gasteiger partial charge in [-0.25, -0.2) is 0 Å². The molecule has 0 bridgehead atoms. The third kappa shape index (κ3) is 5.88. The number of nitrogens with zero attached hydrogens (tertiary/aromatic N) is 1. The van der Waals surface area contributed by atoms with Crippen LogP contribution in [0.25, 0.3) is 0 Å². The fourth-order valence-electron chi connectivity index (χ4n) is 2.84. The average Bonchev–Trinajstić information content (AvgIpc) is 3.09. The van der Waals surface area contributed by atoms with Crippen LogP contribution in [0.15, 0.2) is 42.5 Å². The molecule has 1 atom stereocenters. The van der Waals surface area contributed by atoms with Crippen molar-refractivity contribution in [3.05, 3.63) is 63.1 Å². The van der Waals surface area contributed by atoms with Crippen molar-refractivity contribution in [2.45, 2.75) is 6.42 Å². The first-order valence-corrected chi connectivity index (χ1v) is 10.2. The topological polar surface area (TPSA) is 105 Å². The van der Waals surface area contributed by atoms with E-state index in [1.165, 1.54) is 18.2 Å². The van der Waals surface area contributed by atoms with Crippen molar-refractivity contribution in [2.24, 2.45) is 5.92 Å². The number of nitrogens with one attached hydrogen (secondary N) is 2. The Kier molecular flexibility index (Phi) is 7.37. The fraction of sp³-hybridized carbons (Fsp3) is 0.200. The third-order valence-electron chi connectivity index (χ3n) is 4.36. The third-order valence-corrected chi connectivity index (χ3v) is 5.26. The summed E-state index contributed by atoms with van der Waals surface area (Å²) in [6.07, 6.45) is -0.163. The van der Waals surface area contributed by atoms with Crippen molar-refractivity contribution in [2.75, 3.05) is 18.5 Å². The molecule has 1 fully saturated rings. The Morgan fingerprint density at radius 2 is 1.81 bits per heavy atom. The maximum absolute atomic E-state index is 12.3. The van der Waals surface area contributed by atoms with Crippen LogP contribution < -0.4 is 10.7 Å². The molecule has 11 heteroatoms. The Bertz CT molecular complexity index is 1050. The lowest BCUT2D eigenvalue weighted by atomic mass is 10.1. The number of ether oxygens (including phenoxy) is 1. The van der Waals surface area contributed by atoms with E-state index in [1.54, 1.807) is 24.3 Å². The van der Waals surface area contributed by atoms with E-state index in [2.05, 4.69) is 10.7 Å². The second kappa shape index (κ2) is 10.00. The van der Waals surface area contributed by atoms with Crippen LogP contribution in [0.5, 0.6) is 0 Å². The summed E-state index contributed by atoms with van der Waals surface area (Å²) in [5.41, 5.74) is 2.90. The molecule has 2 aromatic carbocycles. The Morgan fingerprint density at radius 3 is 2.55 bits per heavy atom. The molecule has 0 radical (unpaired) electrons. The number of anilines is 1. The molecule has 31 heavy (non-hydrogen) atoms. The second-order valence-electron chi connectivity index (χ2n) is 6.61. The standard InChI is InChI=1S/C20H16Cl3N3O5/c21-12-5-6-15(23)16(8-12)24-17(27)10-31-20(30)11-7-18(28)26(9-11)25-19(29)13-3-1-2-4-14(13)22/h1-6,8,11H,7,9-10H2,(H,24,27)(H,25,29)/t11-/m0/s1. The van der Waals surface area contributed by atoms with E-state index < -0.39 is 36.2 Å². The SMILES string of the molecule is O=C(COC(=O)[C@H]1CC(=O)N(NC(=O)c2ccccc2Cl)C1)Nc1cc(Cl)ccc1Cl. The predicted octanol–water partition coefficient (Wildman–Crippen LogP) is 3.32. The van der Waals surface area contributed by atoms with Crippen LogP contribution in [0, 0.1) is 5.92 Å². The fourth-order valence-corrected chi connectivity index (χ4v) is 3.39. The summed E-state index contributed by atoms with van der Waals surface area (Å²) in [5.74, 6) is -3.23. The minimum atomic E-state index is -0.832. The Morgan fingerprint density at radius 1 is 1.06 bits per heavy atom. The molecule has 0 aromatic heterocycles. The van der Waals surface area contributed by atoms with Crippen LogP contribution in [0.1, 0.15) is 16.8 Å². The van der Waals surface area contributed by atoms with Crippen molar-refractivity contribution < 1.29 is 23.9 Å². The lowest BCUT2D eigenvalue weighted by Gasteiger charge is -2.18. The molecular formula is C20H16Cl3N3O5. The number of hydrazine groups is 1. The van der Waals surface area contributed by atoms with Gasteiger partial charge in [0.1, 0.15) is 0 Å². The zero-order valence-corrected chi connectivity index (χ0v) is 18.1. The molecule has 1 heterocycles. The molecule has 1 aliphatic rings. The summed E-state index contributed by atoms with van der Waals surface area (Å²) in [6.45, 7) is -0.659. The van der Waals surface area contributed by atoms with Crippen molar-refractivity contribution >= 4 is 64.2 Å². The van der Waals surface area contributed by atoms with Gasteiger partial charge in [0, 0.05) is 11.4 Å². The zero-order chi connectivity index (χ0) is 22.5. The van der Waals surface area contributed by atoms with E-state index in [1.807, 2.05) is 0 Å². The van der Waals surface area contributed by atoms with Crippen molar-refractivity contribution in [3.63, 3.8) is 0 Å². The monoisotopic (exact) mass is 483 g/mol. The van der Waals surface area contributed by atoms with Crippen LogP contribution in [-0.4, -0.2) is 41.9 Å². The minimum Gasteiger partial charge on any atom is -0.455 e. The highest BCUT2D eigenvalue weighted by molar-refractivity contribution is 6.35. The van der Waals surface area contributed by atoms with E-state index in [-0.39, 0.29) is 34.3 Å². The molecule has 0 spiro atoms. The molecule has 3 amide bonds. The van der Waals surface area contributed by atoms with Gasteiger partial charge in [-0.2, -0.15) is 0 Å². The van der Waals surface area contributed by atoms with Gasteiger partial charge in [-0.05, 0) is 30.3 Å². The van der Waals surface area contributed by atoms with Gasteiger partial charge in [0.15, 0.2) is 6.61 Å². The lowest BCUT2D eigenvalue weighted by Crippen LogP contribution is -2.43. The Labute approximate surface area is 192 Å². The van der Waals surface area contributed by atoms with Gasteiger partial charge in [0.05, 0.1) is 33.8 Å².